The molecule has 1 unspecified atom stereocenters. The number of halogens is 1. The third kappa shape index (κ3) is 6.32. The van der Waals surface area contributed by atoms with Crippen LogP contribution in [0.1, 0.15) is 19.4 Å². The van der Waals surface area contributed by atoms with E-state index in [4.69, 9.17) is 20.9 Å². The zero-order valence-electron chi connectivity index (χ0n) is 17.7. The molecule has 0 saturated carbocycles. The number of hydrogen-bond acceptors (Lipinski definition) is 6. The molecule has 3 rings (SSSR count). The van der Waals surface area contributed by atoms with Crippen LogP contribution >= 0.6 is 11.6 Å². The topological polar surface area (TPSA) is 113 Å². The van der Waals surface area contributed by atoms with Gasteiger partial charge in [-0.3, -0.25) is 25.0 Å². The lowest BCUT2D eigenvalue weighted by Gasteiger charge is -2.21. The van der Waals surface area contributed by atoms with Crippen LogP contribution in [0.5, 0.6) is 0 Å². The van der Waals surface area contributed by atoms with Crippen LogP contribution in [0.25, 0.3) is 11.1 Å². The van der Waals surface area contributed by atoms with Gasteiger partial charge in [-0.15, -0.1) is 0 Å². The highest BCUT2D eigenvalue weighted by molar-refractivity contribution is 6.30. The number of aromatic amines is 1. The Morgan fingerprint density at radius 3 is 2.50 bits per heavy atom. The lowest BCUT2D eigenvalue weighted by Crippen LogP contribution is -2.49. The number of carbonyl (C=O) groups is 2. The first-order valence-corrected chi connectivity index (χ1v) is 10.5. The number of amides is 1. The first kappa shape index (κ1) is 23.3. The van der Waals surface area contributed by atoms with Crippen molar-refractivity contribution in [2.24, 2.45) is 0 Å². The van der Waals surface area contributed by atoms with Gasteiger partial charge in [-0.2, -0.15) is 5.16 Å². The van der Waals surface area contributed by atoms with Crippen molar-refractivity contribution in [2.45, 2.75) is 32.4 Å². The molecule has 1 amide bonds. The van der Waals surface area contributed by atoms with Gasteiger partial charge in [-0.1, -0.05) is 48.0 Å². The van der Waals surface area contributed by atoms with Crippen LogP contribution in [-0.4, -0.2) is 35.7 Å². The predicted octanol–water partition coefficient (Wildman–Crippen LogP) is 3.38. The molecule has 9 heteroatoms. The van der Waals surface area contributed by atoms with Gasteiger partial charge in [-0.05, 0) is 49.1 Å². The summed E-state index contributed by atoms with van der Waals surface area (Å²) in [7, 11) is 0. The standard InChI is InChI=1S/C23H24ClN3O5/c1-3-31-23(30)14(2)25-19(22(29)26-21-13-20(28)27-32-21)11-15-7-9-16(10-8-15)17-5-4-6-18(24)12-17/h4-10,12-14,19,25H,3,11H2,1-2H3,(H,26,29)(H,27,28)/t14?,19-/m1/s1. The van der Waals surface area contributed by atoms with Crippen molar-refractivity contribution in [2.75, 3.05) is 11.9 Å². The fourth-order valence-electron chi connectivity index (χ4n) is 3.15. The first-order valence-electron chi connectivity index (χ1n) is 10.1. The first-order chi connectivity index (χ1) is 15.4. The highest BCUT2D eigenvalue weighted by Gasteiger charge is 2.25. The maximum absolute atomic E-state index is 12.9. The van der Waals surface area contributed by atoms with Crippen LogP contribution in [-0.2, 0) is 20.7 Å². The number of ether oxygens (including phenoxy) is 1. The molecule has 1 heterocycles. The molecule has 3 aromatic rings. The lowest BCUT2D eigenvalue weighted by atomic mass is 10.00. The van der Waals surface area contributed by atoms with Crippen molar-refractivity contribution < 1.29 is 18.8 Å². The highest BCUT2D eigenvalue weighted by Crippen LogP contribution is 2.23. The van der Waals surface area contributed by atoms with Crippen LogP contribution in [0.3, 0.4) is 0 Å². The average Bonchev–Trinajstić information content (AvgIpc) is 3.18. The molecule has 0 aliphatic carbocycles. The Hall–Kier alpha value is -3.36. The quantitative estimate of drug-likeness (QED) is 0.424. The van der Waals surface area contributed by atoms with E-state index >= 15 is 0 Å². The van der Waals surface area contributed by atoms with E-state index in [1.165, 1.54) is 0 Å². The van der Waals surface area contributed by atoms with Crippen molar-refractivity contribution in [3.8, 4) is 11.1 Å². The van der Waals surface area contributed by atoms with Crippen molar-refractivity contribution in [3.05, 3.63) is 75.5 Å². The molecule has 0 fully saturated rings. The van der Waals surface area contributed by atoms with E-state index in [9.17, 15) is 14.4 Å². The van der Waals surface area contributed by atoms with Crippen LogP contribution in [0.4, 0.5) is 5.88 Å². The van der Waals surface area contributed by atoms with Crippen molar-refractivity contribution in [1.82, 2.24) is 10.5 Å². The number of H-pyrrole nitrogens is 1. The molecule has 0 aliphatic heterocycles. The third-order valence-electron chi connectivity index (χ3n) is 4.73. The highest BCUT2D eigenvalue weighted by atomic mass is 35.5. The second-order valence-corrected chi connectivity index (χ2v) is 7.61. The summed E-state index contributed by atoms with van der Waals surface area (Å²) in [5.41, 5.74) is 2.37. The van der Waals surface area contributed by atoms with Crippen LogP contribution in [0.15, 0.2) is 63.9 Å². The van der Waals surface area contributed by atoms with Gasteiger partial charge in [0.2, 0.25) is 11.8 Å². The number of rotatable bonds is 9. The smallest absolute Gasteiger partial charge is 0.322 e. The molecule has 168 valence electrons. The molecule has 2 aromatic carbocycles. The van der Waals surface area contributed by atoms with Gasteiger partial charge >= 0.3 is 5.97 Å². The fraction of sp³-hybridized carbons (Fsp3) is 0.261. The molecule has 0 spiro atoms. The molecule has 2 atom stereocenters. The summed E-state index contributed by atoms with van der Waals surface area (Å²) in [4.78, 5) is 36.2. The maximum atomic E-state index is 12.9. The van der Waals surface area contributed by atoms with Crippen molar-refractivity contribution in [3.63, 3.8) is 0 Å². The third-order valence-corrected chi connectivity index (χ3v) is 4.96. The summed E-state index contributed by atoms with van der Waals surface area (Å²) in [6.45, 7) is 3.57. The minimum absolute atomic E-state index is 0.00751. The number of carbonyl (C=O) groups excluding carboxylic acids is 2. The lowest BCUT2D eigenvalue weighted by molar-refractivity contribution is -0.145. The van der Waals surface area contributed by atoms with E-state index < -0.39 is 29.5 Å². The second-order valence-electron chi connectivity index (χ2n) is 7.17. The Morgan fingerprint density at radius 2 is 1.88 bits per heavy atom. The molecular formula is C23H24ClN3O5. The second kappa shape index (κ2) is 10.8. The molecule has 8 nitrogen and oxygen atoms in total. The monoisotopic (exact) mass is 457 g/mol. The molecule has 0 saturated heterocycles. The molecule has 1 aromatic heterocycles. The Balaban J connectivity index is 1.76. The van der Waals surface area contributed by atoms with Crippen molar-refractivity contribution >= 4 is 29.4 Å². The van der Waals surface area contributed by atoms with E-state index in [1.807, 2.05) is 48.5 Å². The predicted molar refractivity (Wildman–Crippen MR) is 122 cm³/mol. The number of hydrogen-bond donors (Lipinski definition) is 3. The molecule has 0 bridgehead atoms. The Bertz CT molecular complexity index is 1120. The van der Waals surface area contributed by atoms with Gasteiger partial charge in [0.05, 0.1) is 18.7 Å². The van der Waals surface area contributed by atoms with E-state index in [1.54, 1.807) is 13.8 Å². The number of benzene rings is 2. The zero-order chi connectivity index (χ0) is 23.1. The average molecular weight is 458 g/mol. The summed E-state index contributed by atoms with van der Waals surface area (Å²) >= 11 is 6.07. The van der Waals surface area contributed by atoms with Gasteiger partial charge in [0.25, 0.3) is 5.56 Å². The summed E-state index contributed by atoms with van der Waals surface area (Å²) in [5, 5.41) is 8.30. The van der Waals surface area contributed by atoms with Gasteiger partial charge in [-0.25, -0.2) is 0 Å². The van der Waals surface area contributed by atoms with Gasteiger partial charge in [0, 0.05) is 5.02 Å². The number of anilines is 1. The SMILES string of the molecule is CCOC(=O)C(C)N[C@H](Cc1ccc(-c2cccc(Cl)c2)cc1)C(=O)Nc1cc(=O)[nH]o1. The van der Waals surface area contributed by atoms with E-state index in [0.29, 0.717) is 11.4 Å². The minimum atomic E-state index is -0.786. The van der Waals surface area contributed by atoms with Crippen LogP contribution in [0, 0.1) is 0 Å². The molecule has 32 heavy (non-hydrogen) atoms. The van der Waals surface area contributed by atoms with Gasteiger partial charge in [0.15, 0.2) is 0 Å². The van der Waals surface area contributed by atoms with E-state index in [0.717, 1.165) is 22.8 Å². The van der Waals surface area contributed by atoms with E-state index in [2.05, 4.69) is 15.8 Å². The molecule has 0 radical (unpaired) electrons. The zero-order valence-corrected chi connectivity index (χ0v) is 18.4. The fourth-order valence-corrected chi connectivity index (χ4v) is 3.35. The van der Waals surface area contributed by atoms with Crippen molar-refractivity contribution in [1.29, 1.82) is 0 Å². The Labute approximate surface area is 189 Å². The Kier molecular flexibility index (Phi) is 7.86. The summed E-state index contributed by atoms with van der Waals surface area (Å²) in [6.07, 6.45) is 0.292. The maximum Gasteiger partial charge on any atom is 0.322 e. The van der Waals surface area contributed by atoms with E-state index in [-0.39, 0.29) is 12.5 Å². The molecule has 3 N–H and O–H groups in total. The normalized spacial score (nSPS) is 12.7. The summed E-state index contributed by atoms with van der Waals surface area (Å²) in [6, 6.07) is 14.9. The number of aromatic nitrogens is 1. The van der Waals surface area contributed by atoms with Gasteiger partial charge < -0.3 is 9.26 Å². The number of esters is 1. The van der Waals surface area contributed by atoms with Gasteiger partial charge in [0.1, 0.15) is 6.04 Å². The summed E-state index contributed by atoms with van der Waals surface area (Å²) in [5.74, 6) is -0.926. The molecule has 0 aliphatic rings. The molecular weight excluding hydrogens is 434 g/mol. The summed E-state index contributed by atoms with van der Waals surface area (Å²) < 4.78 is 9.92. The van der Waals surface area contributed by atoms with Crippen LogP contribution < -0.4 is 16.2 Å². The van der Waals surface area contributed by atoms with Crippen LogP contribution in [0.2, 0.25) is 5.02 Å². The minimum Gasteiger partial charge on any atom is -0.465 e. The Morgan fingerprint density at radius 1 is 1.12 bits per heavy atom. The number of nitrogens with one attached hydrogen (secondary N) is 3. The largest absolute Gasteiger partial charge is 0.465 e.